The first kappa shape index (κ1) is 9.01. The van der Waals surface area contributed by atoms with E-state index in [0.717, 1.165) is 6.54 Å². The summed E-state index contributed by atoms with van der Waals surface area (Å²) in [7, 11) is 2.19. The average Bonchev–Trinajstić information content (AvgIpc) is 1.96. The van der Waals surface area contributed by atoms with Crippen molar-refractivity contribution in [3.05, 3.63) is 0 Å². The van der Waals surface area contributed by atoms with Crippen LogP contribution in [0, 0.1) is 0 Å². The van der Waals surface area contributed by atoms with Crippen LogP contribution in [0.1, 0.15) is 26.7 Å². The number of hydrogen-bond donors (Lipinski definition) is 1. The summed E-state index contributed by atoms with van der Waals surface area (Å²) in [6, 6.07) is 0. The highest BCUT2D eigenvalue weighted by Crippen LogP contribution is 2.23. The van der Waals surface area contributed by atoms with Gasteiger partial charge in [0, 0.05) is 12.1 Å². The summed E-state index contributed by atoms with van der Waals surface area (Å²) in [6.45, 7) is 8.06. The van der Waals surface area contributed by atoms with Gasteiger partial charge < -0.3 is 10.2 Å². The largest absolute Gasteiger partial charge is 0.310 e. The zero-order valence-electron chi connectivity index (χ0n) is 7.98. The fourth-order valence-electron chi connectivity index (χ4n) is 1.66. The Morgan fingerprint density at radius 2 is 2.09 bits per heavy atom. The quantitative estimate of drug-likeness (QED) is 0.655. The average molecular weight is 156 g/mol. The molecular weight excluding hydrogens is 136 g/mol. The van der Waals surface area contributed by atoms with Crippen molar-refractivity contribution >= 4 is 0 Å². The van der Waals surface area contributed by atoms with E-state index in [0.29, 0.717) is 5.54 Å². The van der Waals surface area contributed by atoms with Gasteiger partial charge in [-0.05, 0) is 33.0 Å². The number of nitrogens with zero attached hydrogens (tertiary/aromatic N) is 1. The first-order valence-corrected chi connectivity index (χ1v) is 4.66. The molecule has 11 heavy (non-hydrogen) atoms. The molecule has 1 fully saturated rings. The lowest BCUT2D eigenvalue weighted by atomic mass is 9.85. The molecule has 1 rings (SSSR count). The zero-order valence-corrected chi connectivity index (χ0v) is 7.98. The lowest BCUT2D eigenvalue weighted by Gasteiger charge is -2.45. The van der Waals surface area contributed by atoms with Gasteiger partial charge in [0.15, 0.2) is 0 Å². The molecule has 1 saturated heterocycles. The van der Waals surface area contributed by atoms with E-state index in [1.54, 1.807) is 0 Å². The number of rotatable bonds is 4. The predicted octanol–water partition coefficient (Wildman–Crippen LogP) is 1.08. The van der Waals surface area contributed by atoms with Gasteiger partial charge in [-0.1, -0.05) is 13.8 Å². The zero-order chi connectivity index (χ0) is 8.32. The smallest absolute Gasteiger partial charge is 0.0318 e. The summed E-state index contributed by atoms with van der Waals surface area (Å²) >= 11 is 0. The highest BCUT2D eigenvalue weighted by molar-refractivity contribution is 4.97. The molecule has 0 aliphatic carbocycles. The van der Waals surface area contributed by atoms with Gasteiger partial charge in [0.2, 0.25) is 0 Å². The van der Waals surface area contributed by atoms with Gasteiger partial charge >= 0.3 is 0 Å². The van der Waals surface area contributed by atoms with Gasteiger partial charge in [0.05, 0.1) is 0 Å². The van der Waals surface area contributed by atoms with Crippen LogP contribution >= 0.6 is 0 Å². The van der Waals surface area contributed by atoms with Gasteiger partial charge in [-0.25, -0.2) is 0 Å². The molecule has 1 aliphatic heterocycles. The van der Waals surface area contributed by atoms with Crippen molar-refractivity contribution in [2.24, 2.45) is 0 Å². The maximum Gasteiger partial charge on any atom is 0.0318 e. The molecule has 0 aromatic carbocycles. The summed E-state index contributed by atoms with van der Waals surface area (Å²) in [5.74, 6) is 0. The molecule has 1 unspecified atom stereocenters. The van der Waals surface area contributed by atoms with Crippen LogP contribution in [0.25, 0.3) is 0 Å². The first-order chi connectivity index (χ1) is 5.22. The maximum atomic E-state index is 3.53. The third kappa shape index (κ3) is 1.94. The third-order valence-electron chi connectivity index (χ3n) is 2.89. The van der Waals surface area contributed by atoms with E-state index in [-0.39, 0.29) is 0 Å². The summed E-state index contributed by atoms with van der Waals surface area (Å²) < 4.78 is 0. The first-order valence-electron chi connectivity index (χ1n) is 4.66. The molecule has 1 heterocycles. The van der Waals surface area contributed by atoms with Crippen molar-refractivity contribution in [2.45, 2.75) is 32.2 Å². The van der Waals surface area contributed by atoms with Crippen LogP contribution in [0.3, 0.4) is 0 Å². The SMILES string of the molecule is CCN(C)CC1(CC)CCN1. The van der Waals surface area contributed by atoms with E-state index in [9.17, 15) is 0 Å². The van der Waals surface area contributed by atoms with Crippen LogP contribution in [0.5, 0.6) is 0 Å². The summed E-state index contributed by atoms with van der Waals surface area (Å²) in [6.07, 6.45) is 2.62. The molecule has 1 N–H and O–H groups in total. The van der Waals surface area contributed by atoms with Gasteiger partial charge in [-0.2, -0.15) is 0 Å². The van der Waals surface area contributed by atoms with Crippen molar-refractivity contribution in [1.29, 1.82) is 0 Å². The minimum atomic E-state index is 0.463. The topological polar surface area (TPSA) is 15.3 Å². The highest BCUT2D eigenvalue weighted by atomic mass is 15.2. The van der Waals surface area contributed by atoms with Crippen LogP contribution in [-0.4, -0.2) is 37.1 Å². The highest BCUT2D eigenvalue weighted by Gasteiger charge is 2.34. The Kier molecular flexibility index (Phi) is 2.90. The second-order valence-electron chi connectivity index (χ2n) is 3.64. The van der Waals surface area contributed by atoms with Crippen LogP contribution in [-0.2, 0) is 0 Å². The van der Waals surface area contributed by atoms with E-state index >= 15 is 0 Å². The van der Waals surface area contributed by atoms with Crippen LogP contribution in [0.15, 0.2) is 0 Å². The van der Waals surface area contributed by atoms with Crippen molar-refractivity contribution in [2.75, 3.05) is 26.7 Å². The number of likely N-dealkylation sites (N-methyl/N-ethyl adjacent to an activating group) is 1. The molecule has 0 radical (unpaired) electrons. The van der Waals surface area contributed by atoms with Gasteiger partial charge in [-0.15, -0.1) is 0 Å². The molecule has 0 spiro atoms. The Balaban J connectivity index is 2.32. The minimum Gasteiger partial charge on any atom is -0.310 e. The van der Waals surface area contributed by atoms with Crippen molar-refractivity contribution in [1.82, 2.24) is 10.2 Å². The Morgan fingerprint density at radius 3 is 2.36 bits per heavy atom. The molecule has 0 bridgehead atoms. The summed E-state index contributed by atoms with van der Waals surface area (Å²) in [5.41, 5.74) is 0.463. The minimum absolute atomic E-state index is 0.463. The Bertz CT molecular complexity index is 113. The maximum absolute atomic E-state index is 3.53. The molecule has 2 nitrogen and oxygen atoms in total. The van der Waals surface area contributed by atoms with Crippen LogP contribution in [0.4, 0.5) is 0 Å². The molecule has 1 atom stereocenters. The number of hydrogen-bond acceptors (Lipinski definition) is 2. The van der Waals surface area contributed by atoms with Gasteiger partial charge in [0.25, 0.3) is 0 Å². The predicted molar refractivity (Wildman–Crippen MR) is 48.8 cm³/mol. The molecule has 66 valence electrons. The van der Waals surface area contributed by atoms with Crippen LogP contribution < -0.4 is 5.32 Å². The second-order valence-corrected chi connectivity index (χ2v) is 3.64. The van der Waals surface area contributed by atoms with Crippen molar-refractivity contribution in [3.8, 4) is 0 Å². The van der Waals surface area contributed by atoms with Crippen molar-refractivity contribution in [3.63, 3.8) is 0 Å². The monoisotopic (exact) mass is 156 g/mol. The lowest BCUT2D eigenvalue weighted by molar-refractivity contribution is 0.136. The number of nitrogens with one attached hydrogen (secondary N) is 1. The molecule has 2 heteroatoms. The second kappa shape index (κ2) is 3.55. The Morgan fingerprint density at radius 1 is 1.45 bits per heavy atom. The van der Waals surface area contributed by atoms with Crippen LogP contribution in [0.2, 0.25) is 0 Å². The van der Waals surface area contributed by atoms with E-state index in [2.05, 4.69) is 31.1 Å². The molecule has 0 aromatic rings. The summed E-state index contributed by atoms with van der Waals surface area (Å²) in [4.78, 5) is 2.38. The van der Waals surface area contributed by atoms with E-state index < -0.39 is 0 Å². The fourth-order valence-corrected chi connectivity index (χ4v) is 1.66. The van der Waals surface area contributed by atoms with E-state index in [4.69, 9.17) is 0 Å². The third-order valence-corrected chi connectivity index (χ3v) is 2.89. The summed E-state index contributed by atoms with van der Waals surface area (Å²) in [5, 5.41) is 3.53. The normalized spacial score (nSPS) is 30.5. The van der Waals surface area contributed by atoms with E-state index in [1.165, 1.54) is 25.9 Å². The van der Waals surface area contributed by atoms with Gasteiger partial charge in [-0.3, -0.25) is 0 Å². The molecule has 1 aliphatic rings. The van der Waals surface area contributed by atoms with E-state index in [1.807, 2.05) is 0 Å². The Labute approximate surface area is 70.0 Å². The molecule has 0 amide bonds. The fraction of sp³-hybridized carbons (Fsp3) is 1.00. The van der Waals surface area contributed by atoms with Crippen molar-refractivity contribution < 1.29 is 0 Å². The molecule has 0 aromatic heterocycles. The molecule has 0 saturated carbocycles. The lowest BCUT2D eigenvalue weighted by Crippen LogP contribution is -2.61. The Hall–Kier alpha value is -0.0800. The standard InChI is InChI=1S/C9H20N2/c1-4-9(6-7-10-9)8-11(3)5-2/h10H,4-8H2,1-3H3. The molecular formula is C9H20N2. The van der Waals surface area contributed by atoms with Gasteiger partial charge in [0.1, 0.15) is 0 Å².